The minimum absolute atomic E-state index is 0.759. The van der Waals surface area contributed by atoms with Gasteiger partial charge in [0.1, 0.15) is 22.3 Å². The van der Waals surface area contributed by atoms with Crippen molar-refractivity contribution in [1.29, 1.82) is 0 Å². The van der Waals surface area contributed by atoms with Gasteiger partial charge in [-0.2, -0.15) is 0 Å². The first-order valence-corrected chi connectivity index (χ1v) is 33.9. The monoisotopic (exact) mass is 1270 g/mol. The van der Waals surface area contributed by atoms with E-state index >= 15 is 0 Å². The van der Waals surface area contributed by atoms with Crippen LogP contribution in [0.3, 0.4) is 0 Å². The molecule has 0 unspecified atom stereocenters. The van der Waals surface area contributed by atoms with E-state index in [0.29, 0.717) is 0 Å². The summed E-state index contributed by atoms with van der Waals surface area (Å²) < 4.78 is 14.6. The van der Waals surface area contributed by atoms with Crippen LogP contribution in [-0.2, 0) is 0 Å². The summed E-state index contributed by atoms with van der Waals surface area (Å²) in [4.78, 5) is 34.0. The third-order valence-electron chi connectivity index (χ3n) is 22.1. The van der Waals surface area contributed by atoms with E-state index in [1.165, 1.54) is 43.1 Å². The second-order valence-corrected chi connectivity index (χ2v) is 26.9. The third-order valence-corrected chi connectivity index (χ3v) is 22.1. The summed E-state index contributed by atoms with van der Waals surface area (Å²) in [7, 11) is 0. The summed E-state index contributed by atoms with van der Waals surface area (Å²) in [5.41, 5.74) is 23.3. The van der Waals surface area contributed by atoms with Crippen LogP contribution >= 0.6 is 0 Å². The summed E-state index contributed by atoms with van der Waals surface area (Å²) in [6, 6.07) is 92.8. The van der Waals surface area contributed by atoms with E-state index in [9.17, 15) is 0 Å². The van der Waals surface area contributed by atoms with Crippen molar-refractivity contribution in [3.63, 3.8) is 0 Å². The van der Waals surface area contributed by atoms with Gasteiger partial charge in [-0.25, -0.2) is 19.9 Å². The zero-order valence-electron chi connectivity index (χ0n) is 52.9. The van der Waals surface area contributed by atoms with Gasteiger partial charge in [0, 0.05) is 121 Å². The molecule has 0 atom stereocenters. The Balaban J connectivity index is 0.929. The van der Waals surface area contributed by atoms with Crippen molar-refractivity contribution in [2.24, 2.45) is 0 Å². The highest BCUT2D eigenvalue weighted by Gasteiger charge is 2.33. The first-order chi connectivity index (χ1) is 49.7. The molecular weight excluding hydrogens is 1230 g/mol. The van der Waals surface area contributed by atoms with Gasteiger partial charge in [-0.1, -0.05) is 146 Å². The van der Waals surface area contributed by atoms with Crippen LogP contribution in [0.25, 0.3) is 230 Å². The lowest BCUT2D eigenvalue weighted by molar-refractivity contribution is 1.14. The van der Waals surface area contributed by atoms with E-state index in [1.54, 1.807) is 0 Å². The molecule has 0 aliphatic heterocycles. The van der Waals surface area contributed by atoms with Gasteiger partial charge in [0.25, 0.3) is 0 Å². The van der Waals surface area contributed by atoms with Crippen molar-refractivity contribution >= 4 is 208 Å². The molecule has 25 rings (SSSR count). The van der Waals surface area contributed by atoms with Crippen LogP contribution in [0.15, 0.2) is 280 Å². The average molecular weight is 1270 g/mol. The predicted molar refractivity (Wildman–Crippen MR) is 410 cm³/mol. The van der Waals surface area contributed by atoms with Crippen LogP contribution < -0.4 is 0 Å². The van der Waals surface area contributed by atoms with Gasteiger partial charge in [-0.3, -0.25) is 18.8 Å². The molecule has 100 heavy (non-hydrogen) atoms. The molecule has 0 radical (unpaired) electrons. The summed E-state index contributed by atoms with van der Waals surface area (Å²) in [6.07, 6.45) is 7.86. The van der Waals surface area contributed by atoms with Crippen LogP contribution in [-0.4, -0.2) is 57.0 Å². The minimum atomic E-state index is 0.759. The summed E-state index contributed by atoms with van der Waals surface area (Å²) in [5.74, 6) is 0. The van der Waals surface area contributed by atoms with Gasteiger partial charge in [0.2, 0.25) is 0 Å². The van der Waals surface area contributed by atoms with Gasteiger partial charge in [-0.05, 0) is 109 Å². The van der Waals surface area contributed by atoms with Crippen molar-refractivity contribution in [1.82, 2.24) is 57.0 Å². The normalized spacial score (nSPS) is 12.8. The molecule has 0 spiro atoms. The number of aromatic nitrogens is 12. The number of hydrogen-bond acceptors (Lipinski definition) is 6. The fourth-order valence-electron chi connectivity index (χ4n) is 18.2. The number of benzene rings is 12. The van der Waals surface area contributed by atoms with Crippen molar-refractivity contribution in [3.05, 3.63) is 280 Å². The predicted octanol–water partition coefficient (Wildman–Crippen LogP) is 21.4. The van der Waals surface area contributed by atoms with Crippen LogP contribution in [0.2, 0.25) is 0 Å². The Morgan fingerprint density at radius 3 is 0.790 bits per heavy atom. The highest BCUT2D eigenvalue weighted by Crippen LogP contribution is 2.52. The lowest BCUT2D eigenvalue weighted by Gasteiger charge is -2.13. The molecule has 458 valence electrons. The van der Waals surface area contributed by atoms with E-state index in [1.807, 2.05) is 24.5 Å². The molecule has 0 N–H and O–H groups in total. The minimum Gasteiger partial charge on any atom is -0.309 e. The van der Waals surface area contributed by atoms with Gasteiger partial charge >= 0.3 is 0 Å². The molecular formula is C88H46N12. The number of para-hydroxylation sites is 8. The zero-order chi connectivity index (χ0) is 64.5. The van der Waals surface area contributed by atoms with Gasteiger partial charge in [-0.15, -0.1) is 0 Å². The van der Waals surface area contributed by atoms with Gasteiger partial charge in [0.05, 0.1) is 112 Å². The van der Waals surface area contributed by atoms with Crippen molar-refractivity contribution in [3.8, 4) is 22.7 Å². The van der Waals surface area contributed by atoms with Crippen LogP contribution in [0.1, 0.15) is 0 Å². The maximum Gasteiger partial charge on any atom is 0.145 e. The molecule has 0 saturated heterocycles. The van der Waals surface area contributed by atoms with Crippen LogP contribution in [0.4, 0.5) is 0 Å². The second kappa shape index (κ2) is 18.2. The zero-order valence-corrected chi connectivity index (χ0v) is 52.9. The molecule has 0 bridgehead atoms. The Kier molecular flexibility index (Phi) is 9.36. The molecule has 0 fully saturated rings. The molecule has 12 aromatic carbocycles. The molecule has 0 amide bonds. The van der Waals surface area contributed by atoms with Crippen molar-refractivity contribution in [2.75, 3.05) is 0 Å². The number of nitrogens with zero attached hydrogens (tertiary/aromatic N) is 12. The Morgan fingerprint density at radius 1 is 0.200 bits per heavy atom. The highest BCUT2D eigenvalue weighted by atomic mass is 15.1. The summed E-state index contributed by atoms with van der Waals surface area (Å²) >= 11 is 0. The van der Waals surface area contributed by atoms with E-state index in [4.69, 9.17) is 29.9 Å². The first-order valence-electron chi connectivity index (χ1n) is 33.9. The number of fused-ring (bicyclic) bond motifs is 34. The average Bonchev–Trinajstić information content (AvgIpc) is 1.48. The summed E-state index contributed by atoms with van der Waals surface area (Å²) in [6.45, 7) is 0. The number of rotatable bonds is 4. The Bertz CT molecular complexity index is 7370. The van der Waals surface area contributed by atoms with Gasteiger partial charge in [0.15, 0.2) is 0 Å². The van der Waals surface area contributed by atoms with E-state index in [-0.39, 0.29) is 0 Å². The van der Waals surface area contributed by atoms with Crippen molar-refractivity contribution < 1.29 is 0 Å². The molecule has 25 aromatic rings. The van der Waals surface area contributed by atoms with Crippen LogP contribution in [0, 0.1) is 0 Å². The Labute approximate surface area is 563 Å². The highest BCUT2D eigenvalue weighted by molar-refractivity contribution is 6.41. The standard InChI is InChI=1S/C88H46N12/c1-9-29-67-51(19-1)52-20-2-10-30-68(52)95(67)47-39-61-63-43-49(97-71-33-13-5-23-55(71)56-24-6-14-34-72(56)97)45-91-87(63)99-83(61)65(41-47)75-81-82(94-80-60-28-18-38-90-78(60)77-59(79(80)93-81)27-17-37-89-77)76-66-42-48(96-69-31-11-3-21-53(69)54-22-4-12-32-70(54)96)40-62-64-44-50(46-92-88(64)100(84(62)66)86(76)85(75)99)98-73-35-15-7-25-57(73)58-26-8-16-36-74(58)98/h1-46H. The Morgan fingerprint density at radius 2 is 0.470 bits per heavy atom. The third kappa shape index (κ3) is 6.21. The van der Waals surface area contributed by atoms with Crippen molar-refractivity contribution in [2.45, 2.75) is 0 Å². The second-order valence-electron chi connectivity index (χ2n) is 26.9. The molecule has 13 aromatic heterocycles. The SMILES string of the molecule is c1cnc2c(c1)c1nc3c(nc1c1cccnc12)c1c2cc(-n4c5ccccc5c5ccccc54)cc4c5cc(-n6c7ccccc7c7ccccc76)cnc5n(c42)c1c1c3c2cc(-n3c4ccccc4c4ccccc43)cc3c4cc(-n5c6ccccc6c6ccccc65)cnc4n1c32. The Hall–Kier alpha value is -13.8. The smallest absolute Gasteiger partial charge is 0.145 e. The fraction of sp³-hybridized carbons (Fsp3) is 0. The van der Waals surface area contributed by atoms with Gasteiger partial charge < -0.3 is 18.3 Å². The topological polar surface area (TPSA) is 106 Å². The van der Waals surface area contributed by atoms with E-state index in [2.05, 4.69) is 282 Å². The molecule has 0 saturated carbocycles. The number of pyridine rings is 4. The number of hydrogen-bond donors (Lipinski definition) is 0. The maximum absolute atomic E-state index is 6.14. The van der Waals surface area contributed by atoms with E-state index in [0.717, 1.165) is 187 Å². The largest absolute Gasteiger partial charge is 0.309 e. The quantitative estimate of drug-likeness (QED) is 0.128. The first kappa shape index (κ1) is 51.5. The van der Waals surface area contributed by atoms with Crippen LogP contribution in [0.5, 0.6) is 0 Å². The van der Waals surface area contributed by atoms with E-state index < -0.39 is 0 Å². The lowest BCUT2D eigenvalue weighted by atomic mass is 10.0. The molecule has 0 aliphatic rings. The lowest BCUT2D eigenvalue weighted by Crippen LogP contribution is -1.98. The molecule has 0 aliphatic carbocycles. The molecule has 12 nitrogen and oxygen atoms in total. The summed E-state index contributed by atoms with van der Waals surface area (Å²) in [5, 5.41) is 19.5. The fourth-order valence-corrected chi connectivity index (χ4v) is 18.2. The maximum atomic E-state index is 6.14. The molecule has 13 heterocycles. The molecule has 12 heteroatoms.